The summed E-state index contributed by atoms with van der Waals surface area (Å²) in [5, 5.41) is 13.6. The van der Waals surface area contributed by atoms with Crippen LogP contribution in [-0.2, 0) is 0 Å². The molecular formula is C22H27N5O2S. The minimum absolute atomic E-state index is 0.323. The first kappa shape index (κ1) is 20.7. The molecule has 0 aliphatic carbocycles. The van der Waals surface area contributed by atoms with Gasteiger partial charge < -0.3 is 20.2 Å². The van der Waals surface area contributed by atoms with Gasteiger partial charge in [0.2, 0.25) is 5.95 Å². The van der Waals surface area contributed by atoms with Crippen LogP contribution in [0.15, 0.2) is 30.5 Å². The quantitative estimate of drug-likeness (QED) is 0.561. The summed E-state index contributed by atoms with van der Waals surface area (Å²) in [6.45, 7) is 8.42. The fraction of sp³-hybridized carbons (Fsp3) is 0.409. The van der Waals surface area contributed by atoms with E-state index < -0.39 is 5.97 Å². The second-order valence-electron chi connectivity index (χ2n) is 7.78. The molecule has 0 unspecified atom stereocenters. The van der Waals surface area contributed by atoms with Gasteiger partial charge in [-0.15, -0.1) is 11.3 Å². The Morgan fingerprint density at radius 3 is 2.83 bits per heavy atom. The van der Waals surface area contributed by atoms with Gasteiger partial charge in [-0.3, -0.25) is 0 Å². The molecular weight excluding hydrogens is 398 g/mol. The first-order valence-electron chi connectivity index (χ1n) is 10.3. The first-order chi connectivity index (χ1) is 14.5. The topological polar surface area (TPSA) is 81.6 Å². The van der Waals surface area contributed by atoms with Crippen molar-refractivity contribution in [3.63, 3.8) is 0 Å². The number of nitrogens with one attached hydrogen (secondary N) is 1. The number of fused-ring (bicyclic) bond motifs is 1. The van der Waals surface area contributed by atoms with Crippen molar-refractivity contribution in [3.8, 4) is 10.6 Å². The number of likely N-dealkylation sites (N-methyl/N-ethyl adjacent to an activating group) is 1. The number of aryl methyl sites for hydroxylation is 1. The smallest absolute Gasteiger partial charge is 0.336 e. The van der Waals surface area contributed by atoms with Crippen molar-refractivity contribution in [1.29, 1.82) is 0 Å². The maximum atomic E-state index is 11.5. The Kier molecular flexibility index (Phi) is 6.26. The van der Waals surface area contributed by atoms with Gasteiger partial charge in [0.25, 0.3) is 0 Å². The summed E-state index contributed by atoms with van der Waals surface area (Å²) < 4.78 is 0.949. The van der Waals surface area contributed by atoms with E-state index in [1.54, 1.807) is 23.5 Å². The van der Waals surface area contributed by atoms with E-state index in [4.69, 9.17) is 4.98 Å². The number of aromatic nitrogens is 2. The average molecular weight is 426 g/mol. The maximum Gasteiger partial charge on any atom is 0.336 e. The van der Waals surface area contributed by atoms with E-state index in [0.29, 0.717) is 11.5 Å². The first-order valence-corrected chi connectivity index (χ1v) is 11.1. The number of carboxylic acid groups (broad SMARTS) is 1. The summed E-state index contributed by atoms with van der Waals surface area (Å²) in [4.78, 5) is 26.5. The number of hydrogen-bond acceptors (Lipinski definition) is 7. The number of rotatable bonds is 7. The van der Waals surface area contributed by atoms with Gasteiger partial charge in [-0.1, -0.05) is 6.07 Å². The number of carboxylic acids is 1. The molecule has 0 radical (unpaired) electrons. The standard InChI is InChI=1S/C22H27N5O2S/c1-15-14-24-22(23-7-4-8-27-11-9-26(2)10-12-27)25-20(15)19-13-17-16(21(28)29)5-3-6-18(17)30-19/h3,5-6,13-14H,4,7-12H2,1-2H3,(H,28,29)(H,23,24,25). The van der Waals surface area contributed by atoms with E-state index in [2.05, 4.69) is 27.1 Å². The van der Waals surface area contributed by atoms with E-state index in [-0.39, 0.29) is 0 Å². The molecule has 2 aromatic heterocycles. The third-order valence-electron chi connectivity index (χ3n) is 5.53. The molecule has 1 aromatic carbocycles. The molecule has 1 fully saturated rings. The Balaban J connectivity index is 1.44. The van der Waals surface area contributed by atoms with Crippen LogP contribution in [0.1, 0.15) is 22.3 Å². The Bertz CT molecular complexity index is 1040. The molecule has 8 heteroatoms. The predicted octanol–water partition coefficient (Wildman–Crippen LogP) is 3.41. The Morgan fingerprint density at radius 2 is 2.07 bits per heavy atom. The number of piperazine rings is 1. The van der Waals surface area contributed by atoms with Gasteiger partial charge in [0, 0.05) is 49.0 Å². The van der Waals surface area contributed by atoms with Crippen LogP contribution in [0.25, 0.3) is 20.7 Å². The molecule has 0 atom stereocenters. The molecule has 7 nitrogen and oxygen atoms in total. The highest BCUT2D eigenvalue weighted by Gasteiger charge is 2.15. The van der Waals surface area contributed by atoms with Crippen molar-refractivity contribution in [3.05, 3.63) is 41.6 Å². The van der Waals surface area contributed by atoms with E-state index in [1.807, 2.05) is 25.3 Å². The molecule has 30 heavy (non-hydrogen) atoms. The van der Waals surface area contributed by atoms with Crippen LogP contribution in [0.4, 0.5) is 5.95 Å². The predicted molar refractivity (Wildman–Crippen MR) is 122 cm³/mol. The number of hydrogen-bond donors (Lipinski definition) is 2. The fourth-order valence-electron chi connectivity index (χ4n) is 3.72. The SMILES string of the molecule is Cc1cnc(NCCCN2CCN(C)CC2)nc1-c1cc2c(C(=O)O)cccc2s1. The van der Waals surface area contributed by atoms with Gasteiger partial charge in [-0.05, 0) is 50.7 Å². The molecule has 0 saturated carbocycles. The molecule has 3 heterocycles. The molecule has 1 saturated heterocycles. The van der Waals surface area contributed by atoms with Crippen molar-refractivity contribution in [1.82, 2.24) is 19.8 Å². The highest BCUT2D eigenvalue weighted by molar-refractivity contribution is 7.22. The largest absolute Gasteiger partial charge is 0.478 e. The van der Waals surface area contributed by atoms with E-state index >= 15 is 0 Å². The van der Waals surface area contributed by atoms with Gasteiger partial charge in [0.15, 0.2) is 0 Å². The summed E-state index contributed by atoms with van der Waals surface area (Å²) in [5.41, 5.74) is 2.15. The molecule has 1 aliphatic rings. The summed E-state index contributed by atoms with van der Waals surface area (Å²) in [6.07, 6.45) is 2.87. The number of carbonyl (C=O) groups is 1. The summed E-state index contributed by atoms with van der Waals surface area (Å²) in [6, 6.07) is 7.30. The number of thiophene rings is 1. The van der Waals surface area contributed by atoms with Gasteiger partial charge in [-0.2, -0.15) is 0 Å². The third kappa shape index (κ3) is 4.61. The fourth-order valence-corrected chi connectivity index (χ4v) is 4.86. The highest BCUT2D eigenvalue weighted by atomic mass is 32.1. The van der Waals surface area contributed by atoms with Gasteiger partial charge in [-0.25, -0.2) is 14.8 Å². The summed E-state index contributed by atoms with van der Waals surface area (Å²) in [7, 11) is 2.17. The molecule has 2 N–H and O–H groups in total. The number of aromatic carboxylic acids is 1. The lowest BCUT2D eigenvalue weighted by molar-refractivity contribution is 0.0699. The van der Waals surface area contributed by atoms with Crippen LogP contribution >= 0.6 is 11.3 Å². The number of benzene rings is 1. The third-order valence-corrected chi connectivity index (χ3v) is 6.63. The van der Waals surface area contributed by atoms with Crippen molar-refractivity contribution in [2.45, 2.75) is 13.3 Å². The summed E-state index contributed by atoms with van der Waals surface area (Å²) in [5.74, 6) is -0.294. The molecule has 1 aliphatic heterocycles. The van der Waals surface area contributed by atoms with Crippen molar-refractivity contribution >= 4 is 33.3 Å². The monoisotopic (exact) mass is 425 g/mol. The molecule has 4 rings (SSSR count). The number of nitrogens with zero attached hydrogens (tertiary/aromatic N) is 4. The van der Waals surface area contributed by atoms with Crippen molar-refractivity contribution < 1.29 is 9.90 Å². The van der Waals surface area contributed by atoms with Crippen molar-refractivity contribution in [2.24, 2.45) is 0 Å². The molecule has 158 valence electrons. The average Bonchev–Trinajstić information content (AvgIpc) is 3.17. The zero-order chi connectivity index (χ0) is 21.1. The van der Waals surface area contributed by atoms with Crippen LogP contribution < -0.4 is 5.32 Å². The lowest BCUT2D eigenvalue weighted by Gasteiger charge is -2.32. The second kappa shape index (κ2) is 9.07. The lowest BCUT2D eigenvalue weighted by Crippen LogP contribution is -2.44. The van der Waals surface area contributed by atoms with Gasteiger partial charge >= 0.3 is 5.97 Å². The molecule has 0 spiro atoms. The van der Waals surface area contributed by atoms with Gasteiger partial charge in [0.1, 0.15) is 0 Å². The highest BCUT2D eigenvalue weighted by Crippen LogP contribution is 2.35. The Hall–Kier alpha value is -2.55. The van der Waals surface area contributed by atoms with Crippen LogP contribution in [0, 0.1) is 6.92 Å². The Morgan fingerprint density at radius 1 is 1.27 bits per heavy atom. The lowest BCUT2D eigenvalue weighted by atomic mass is 10.1. The second-order valence-corrected chi connectivity index (χ2v) is 8.87. The molecule has 0 bridgehead atoms. The molecule has 0 amide bonds. The minimum atomic E-state index is -0.910. The van der Waals surface area contributed by atoms with Crippen LogP contribution in [0.5, 0.6) is 0 Å². The van der Waals surface area contributed by atoms with E-state index in [1.165, 1.54) is 0 Å². The van der Waals surface area contributed by atoms with E-state index in [9.17, 15) is 9.90 Å². The maximum absolute atomic E-state index is 11.5. The molecule has 3 aromatic rings. The zero-order valence-electron chi connectivity index (χ0n) is 17.4. The van der Waals surface area contributed by atoms with Crippen LogP contribution in [0.2, 0.25) is 0 Å². The summed E-state index contributed by atoms with van der Waals surface area (Å²) >= 11 is 1.56. The van der Waals surface area contributed by atoms with Crippen LogP contribution in [0.3, 0.4) is 0 Å². The number of anilines is 1. The Labute approximate surface area is 180 Å². The van der Waals surface area contributed by atoms with Gasteiger partial charge in [0.05, 0.1) is 16.1 Å². The zero-order valence-corrected chi connectivity index (χ0v) is 18.2. The van der Waals surface area contributed by atoms with Crippen molar-refractivity contribution in [2.75, 3.05) is 51.6 Å². The normalized spacial score (nSPS) is 15.5. The van der Waals surface area contributed by atoms with Crippen LogP contribution in [-0.4, -0.2) is 77.2 Å². The van der Waals surface area contributed by atoms with E-state index in [0.717, 1.165) is 71.9 Å². The minimum Gasteiger partial charge on any atom is -0.478 e.